The Labute approximate surface area is 149 Å². The highest BCUT2D eigenvalue weighted by Gasteiger charge is 2.48. The first-order valence-corrected chi connectivity index (χ1v) is 8.27. The minimum Gasteiger partial charge on any atom is -0.508 e. The molecule has 1 aromatic carbocycles. The van der Waals surface area contributed by atoms with Crippen LogP contribution in [0.15, 0.2) is 36.4 Å². The highest BCUT2D eigenvalue weighted by molar-refractivity contribution is 5.66. The maximum atomic E-state index is 12.9. The Morgan fingerprint density at radius 3 is 2.65 bits per heavy atom. The highest BCUT2D eigenvalue weighted by Crippen LogP contribution is 2.41. The Morgan fingerprint density at radius 2 is 2.00 bits per heavy atom. The molecule has 1 fully saturated rings. The summed E-state index contributed by atoms with van der Waals surface area (Å²) in [6.45, 7) is -0.164. The zero-order valence-corrected chi connectivity index (χ0v) is 14.0. The third-order valence-corrected chi connectivity index (χ3v) is 4.04. The first kappa shape index (κ1) is 20.3. The van der Waals surface area contributed by atoms with E-state index in [1.54, 1.807) is 24.3 Å². The Bertz CT molecular complexity index is 629. The number of aromatic hydroxyl groups is 1. The van der Waals surface area contributed by atoms with Crippen LogP contribution in [-0.4, -0.2) is 35.3 Å². The van der Waals surface area contributed by atoms with E-state index in [0.717, 1.165) is 0 Å². The lowest BCUT2D eigenvalue weighted by atomic mass is 9.91. The summed E-state index contributed by atoms with van der Waals surface area (Å²) in [5, 5.41) is 18.6. The molecule has 1 aliphatic heterocycles. The van der Waals surface area contributed by atoms with Gasteiger partial charge in [-0.1, -0.05) is 30.4 Å². The van der Waals surface area contributed by atoms with Crippen LogP contribution in [0.5, 0.6) is 5.75 Å². The number of ether oxygens (including phenoxy) is 2. The number of allylic oxidation sites excluding steroid dienone is 2. The Hall–Kier alpha value is -2.06. The quantitative estimate of drug-likeness (QED) is 0.553. The molecule has 3 atom stereocenters. The van der Waals surface area contributed by atoms with E-state index in [2.05, 4.69) is 0 Å². The van der Waals surface area contributed by atoms with Crippen molar-refractivity contribution >= 4 is 5.97 Å². The molecule has 2 rings (SSSR count). The van der Waals surface area contributed by atoms with Crippen molar-refractivity contribution in [2.75, 3.05) is 6.61 Å². The average Bonchev–Trinajstić information content (AvgIpc) is 2.57. The molecule has 0 aromatic heterocycles. The van der Waals surface area contributed by atoms with Gasteiger partial charge in [0.25, 0.3) is 6.29 Å². The maximum absolute atomic E-state index is 12.9. The molecule has 0 radical (unpaired) electrons. The number of rotatable bonds is 7. The molecule has 1 aromatic rings. The van der Waals surface area contributed by atoms with Gasteiger partial charge in [0.05, 0.1) is 12.7 Å². The molecule has 1 heterocycles. The van der Waals surface area contributed by atoms with Crippen molar-refractivity contribution in [3.63, 3.8) is 0 Å². The second-order valence-electron chi connectivity index (χ2n) is 6.08. The van der Waals surface area contributed by atoms with E-state index in [0.29, 0.717) is 19.3 Å². The number of phenolic OH excluding ortho intramolecular Hbond substituents is 1. The van der Waals surface area contributed by atoms with Gasteiger partial charge in [0.15, 0.2) is 0 Å². The Balaban J connectivity index is 2.05. The summed E-state index contributed by atoms with van der Waals surface area (Å²) in [7, 11) is 0. The fraction of sp³-hybridized carbons (Fsp3) is 0.500. The second-order valence-corrected chi connectivity index (χ2v) is 6.08. The van der Waals surface area contributed by atoms with Crippen LogP contribution in [0.4, 0.5) is 13.2 Å². The molecule has 0 unspecified atom stereocenters. The predicted molar refractivity (Wildman–Crippen MR) is 86.5 cm³/mol. The van der Waals surface area contributed by atoms with Gasteiger partial charge in [-0.25, -0.2) is 0 Å². The maximum Gasteiger partial charge on any atom is 0.440 e. The van der Waals surface area contributed by atoms with Gasteiger partial charge >= 0.3 is 12.1 Å². The van der Waals surface area contributed by atoms with Gasteiger partial charge in [0.2, 0.25) is 0 Å². The van der Waals surface area contributed by atoms with E-state index in [1.165, 1.54) is 12.1 Å². The SMILES string of the molecule is O=C(O)CCCC=CC[C@@H]1CO[C@H](C(F)(F)F)O[C@@H]1c1ccccc1O. The lowest BCUT2D eigenvalue weighted by Gasteiger charge is -2.37. The van der Waals surface area contributed by atoms with Crippen LogP contribution >= 0.6 is 0 Å². The molecule has 144 valence electrons. The molecule has 0 bridgehead atoms. The number of phenols is 1. The monoisotopic (exact) mass is 374 g/mol. The summed E-state index contributed by atoms with van der Waals surface area (Å²) in [6.07, 6.45) is -2.87. The van der Waals surface area contributed by atoms with Crippen LogP contribution < -0.4 is 0 Å². The van der Waals surface area contributed by atoms with Crippen LogP contribution in [0.1, 0.15) is 37.4 Å². The topological polar surface area (TPSA) is 76.0 Å². The van der Waals surface area contributed by atoms with Crippen molar-refractivity contribution in [2.45, 2.75) is 44.3 Å². The molecule has 0 amide bonds. The lowest BCUT2D eigenvalue weighted by Crippen LogP contribution is -2.43. The van der Waals surface area contributed by atoms with E-state index in [1.807, 2.05) is 0 Å². The van der Waals surface area contributed by atoms with E-state index < -0.39 is 30.5 Å². The number of halogens is 3. The number of unbranched alkanes of at least 4 members (excludes halogenated alkanes) is 1. The number of para-hydroxylation sites is 1. The number of carboxylic acid groups (broad SMARTS) is 1. The van der Waals surface area contributed by atoms with Gasteiger partial charge in [-0.15, -0.1) is 0 Å². The van der Waals surface area contributed by atoms with Crippen molar-refractivity contribution in [2.24, 2.45) is 5.92 Å². The van der Waals surface area contributed by atoms with Crippen molar-refractivity contribution in [3.05, 3.63) is 42.0 Å². The molecular weight excluding hydrogens is 353 g/mol. The van der Waals surface area contributed by atoms with Crippen LogP contribution in [0.2, 0.25) is 0 Å². The van der Waals surface area contributed by atoms with E-state index in [4.69, 9.17) is 14.6 Å². The van der Waals surface area contributed by atoms with Crippen LogP contribution in [0.3, 0.4) is 0 Å². The van der Waals surface area contributed by atoms with E-state index >= 15 is 0 Å². The number of benzene rings is 1. The van der Waals surface area contributed by atoms with Gasteiger partial charge in [-0.3, -0.25) is 4.79 Å². The largest absolute Gasteiger partial charge is 0.508 e. The van der Waals surface area contributed by atoms with E-state index in [9.17, 15) is 23.1 Å². The van der Waals surface area contributed by atoms with Crippen molar-refractivity contribution in [1.82, 2.24) is 0 Å². The molecular formula is C18H21F3O5. The molecule has 5 nitrogen and oxygen atoms in total. The minimum atomic E-state index is -4.65. The number of carboxylic acids is 1. The van der Waals surface area contributed by atoms with E-state index in [-0.39, 0.29) is 24.3 Å². The first-order valence-electron chi connectivity index (χ1n) is 8.27. The predicted octanol–water partition coefficient (Wildman–Crippen LogP) is 4.19. The zero-order valence-electron chi connectivity index (χ0n) is 14.0. The molecule has 0 aliphatic carbocycles. The highest BCUT2D eigenvalue weighted by atomic mass is 19.4. The molecule has 1 aliphatic rings. The standard InChI is InChI=1S/C18H21F3O5/c19-18(20,21)17-25-11-12(7-3-1-2-4-10-15(23)24)16(26-17)13-8-5-6-9-14(13)22/h1,3,5-6,8-9,12,16-17,22H,2,4,7,10-11H2,(H,23,24)/t12-,16+,17+/m1/s1. The summed E-state index contributed by atoms with van der Waals surface area (Å²) < 4.78 is 48.8. The second kappa shape index (κ2) is 9.05. The number of hydrogen-bond acceptors (Lipinski definition) is 4. The zero-order chi connectivity index (χ0) is 19.2. The lowest BCUT2D eigenvalue weighted by molar-refractivity contribution is -0.353. The van der Waals surface area contributed by atoms with Crippen LogP contribution in [0.25, 0.3) is 0 Å². The molecule has 1 saturated heterocycles. The molecule has 2 N–H and O–H groups in total. The summed E-state index contributed by atoms with van der Waals surface area (Å²) in [5.41, 5.74) is 0.286. The van der Waals surface area contributed by atoms with Gasteiger partial charge in [-0.2, -0.15) is 13.2 Å². The number of alkyl halides is 3. The van der Waals surface area contributed by atoms with Crippen molar-refractivity contribution in [3.8, 4) is 5.75 Å². The van der Waals surface area contributed by atoms with Crippen LogP contribution in [0, 0.1) is 5.92 Å². The molecule has 26 heavy (non-hydrogen) atoms. The first-order chi connectivity index (χ1) is 12.3. The van der Waals surface area contributed by atoms with Gasteiger partial charge in [-0.05, 0) is 25.3 Å². The number of aliphatic carboxylic acids is 1. The molecule has 8 heteroatoms. The summed E-state index contributed by atoms with van der Waals surface area (Å²) in [5.74, 6) is -1.40. The Kier molecular flexibility index (Phi) is 7.05. The smallest absolute Gasteiger partial charge is 0.440 e. The van der Waals surface area contributed by atoms with Crippen molar-refractivity contribution in [1.29, 1.82) is 0 Å². The van der Waals surface area contributed by atoms with Crippen molar-refractivity contribution < 1.29 is 37.7 Å². The third kappa shape index (κ3) is 5.74. The normalized spacial score (nSPS) is 24.0. The number of hydrogen-bond donors (Lipinski definition) is 2. The molecule has 0 spiro atoms. The van der Waals surface area contributed by atoms with Crippen LogP contribution in [-0.2, 0) is 14.3 Å². The van der Waals surface area contributed by atoms with Gasteiger partial charge in [0.1, 0.15) is 5.75 Å². The van der Waals surface area contributed by atoms with Gasteiger partial charge < -0.3 is 19.7 Å². The summed E-state index contributed by atoms with van der Waals surface area (Å²) >= 11 is 0. The average molecular weight is 374 g/mol. The summed E-state index contributed by atoms with van der Waals surface area (Å²) in [4.78, 5) is 10.5. The third-order valence-electron chi connectivity index (χ3n) is 4.04. The molecule has 0 saturated carbocycles. The fourth-order valence-corrected chi connectivity index (χ4v) is 2.76. The minimum absolute atomic E-state index is 0.0633. The Morgan fingerprint density at radius 1 is 1.27 bits per heavy atom. The van der Waals surface area contributed by atoms with Gasteiger partial charge in [0, 0.05) is 17.9 Å². The fourth-order valence-electron chi connectivity index (χ4n) is 2.76. The number of carbonyl (C=O) groups is 1. The summed E-state index contributed by atoms with van der Waals surface area (Å²) in [6, 6.07) is 6.13.